The van der Waals surface area contributed by atoms with Crippen LogP contribution in [0.25, 0.3) is 0 Å². The molecular formula is C21H24F3N5O. The Labute approximate surface area is 173 Å². The maximum absolute atomic E-state index is 13.0. The molecule has 0 N–H and O–H groups in total. The molecule has 4 rings (SSSR count). The lowest BCUT2D eigenvalue weighted by Gasteiger charge is -2.39. The zero-order chi connectivity index (χ0) is 21.1. The van der Waals surface area contributed by atoms with Gasteiger partial charge >= 0.3 is 6.18 Å². The van der Waals surface area contributed by atoms with Gasteiger partial charge in [0.1, 0.15) is 5.82 Å². The number of piperidine rings is 1. The Kier molecular flexibility index (Phi) is 5.78. The Bertz CT molecular complexity index is 860. The number of benzene rings is 1. The highest BCUT2D eigenvalue weighted by Crippen LogP contribution is 2.32. The highest BCUT2D eigenvalue weighted by molar-refractivity contribution is 5.79. The highest BCUT2D eigenvalue weighted by Gasteiger charge is 2.33. The van der Waals surface area contributed by atoms with Gasteiger partial charge in [0.05, 0.1) is 11.8 Å². The first-order valence-electron chi connectivity index (χ1n) is 10.1. The molecule has 160 valence electrons. The molecule has 0 spiro atoms. The molecule has 2 aliphatic heterocycles. The van der Waals surface area contributed by atoms with Crippen molar-refractivity contribution in [1.29, 1.82) is 0 Å². The molecule has 0 unspecified atom stereocenters. The fourth-order valence-corrected chi connectivity index (χ4v) is 4.13. The van der Waals surface area contributed by atoms with Crippen molar-refractivity contribution in [2.45, 2.75) is 19.0 Å². The lowest BCUT2D eigenvalue weighted by atomic mass is 9.95. The summed E-state index contributed by atoms with van der Waals surface area (Å²) in [6.07, 6.45) is 2.21. The molecule has 2 saturated heterocycles. The summed E-state index contributed by atoms with van der Waals surface area (Å²) in [7, 11) is 0. The summed E-state index contributed by atoms with van der Waals surface area (Å²) in [4.78, 5) is 27.2. The summed E-state index contributed by atoms with van der Waals surface area (Å²) < 4.78 is 38.9. The summed E-state index contributed by atoms with van der Waals surface area (Å²) in [6.45, 7) is 3.65. The van der Waals surface area contributed by atoms with E-state index >= 15 is 0 Å². The molecule has 30 heavy (non-hydrogen) atoms. The van der Waals surface area contributed by atoms with Crippen molar-refractivity contribution in [1.82, 2.24) is 14.9 Å². The van der Waals surface area contributed by atoms with Gasteiger partial charge in [0, 0.05) is 63.3 Å². The van der Waals surface area contributed by atoms with E-state index in [2.05, 4.69) is 14.9 Å². The van der Waals surface area contributed by atoms with E-state index in [-0.39, 0.29) is 11.8 Å². The quantitative estimate of drug-likeness (QED) is 0.766. The van der Waals surface area contributed by atoms with Crippen LogP contribution in [0.2, 0.25) is 0 Å². The SMILES string of the molecule is O=C(C1CCN(c2cnccn2)CC1)N1CCN(c2cccc(C(F)(F)F)c2)CC1. The van der Waals surface area contributed by atoms with Gasteiger partial charge in [0.25, 0.3) is 0 Å². The zero-order valence-corrected chi connectivity index (χ0v) is 16.6. The van der Waals surface area contributed by atoms with Gasteiger partial charge in [-0.25, -0.2) is 4.98 Å². The van der Waals surface area contributed by atoms with Crippen LogP contribution in [0, 0.1) is 5.92 Å². The van der Waals surface area contributed by atoms with Gasteiger partial charge in [-0.2, -0.15) is 13.2 Å². The number of alkyl halides is 3. The van der Waals surface area contributed by atoms with E-state index in [1.54, 1.807) is 24.7 Å². The molecule has 0 bridgehead atoms. The summed E-state index contributed by atoms with van der Waals surface area (Å²) in [5, 5.41) is 0. The van der Waals surface area contributed by atoms with Gasteiger partial charge < -0.3 is 14.7 Å². The second kappa shape index (κ2) is 8.49. The monoisotopic (exact) mass is 419 g/mol. The Morgan fingerprint density at radius 3 is 2.33 bits per heavy atom. The number of amides is 1. The first kappa shape index (κ1) is 20.4. The first-order chi connectivity index (χ1) is 14.4. The fraction of sp³-hybridized carbons (Fsp3) is 0.476. The summed E-state index contributed by atoms with van der Waals surface area (Å²) >= 11 is 0. The minimum Gasteiger partial charge on any atom is -0.368 e. The average molecular weight is 419 g/mol. The number of carbonyl (C=O) groups is 1. The van der Waals surface area contributed by atoms with E-state index in [0.717, 1.165) is 37.8 Å². The number of aromatic nitrogens is 2. The predicted octanol–water partition coefficient (Wildman–Crippen LogP) is 3.06. The molecule has 1 aromatic carbocycles. The van der Waals surface area contributed by atoms with Gasteiger partial charge in [-0.15, -0.1) is 0 Å². The number of nitrogens with zero attached hydrogens (tertiary/aromatic N) is 5. The van der Waals surface area contributed by atoms with Gasteiger partial charge in [-0.1, -0.05) is 6.07 Å². The molecule has 0 saturated carbocycles. The van der Waals surface area contributed by atoms with Gasteiger partial charge in [0.2, 0.25) is 5.91 Å². The van der Waals surface area contributed by atoms with Gasteiger partial charge in [0.15, 0.2) is 0 Å². The van der Waals surface area contributed by atoms with Gasteiger partial charge in [-0.05, 0) is 31.0 Å². The van der Waals surface area contributed by atoms with Crippen molar-refractivity contribution in [2.75, 3.05) is 49.1 Å². The Morgan fingerprint density at radius 1 is 0.967 bits per heavy atom. The number of hydrogen-bond donors (Lipinski definition) is 0. The smallest absolute Gasteiger partial charge is 0.368 e. The summed E-state index contributed by atoms with van der Waals surface area (Å²) in [5.41, 5.74) is -0.0948. The lowest BCUT2D eigenvalue weighted by Crippen LogP contribution is -2.51. The molecule has 0 aliphatic carbocycles. The molecule has 2 aromatic rings. The molecule has 2 fully saturated rings. The Morgan fingerprint density at radius 2 is 1.70 bits per heavy atom. The van der Waals surface area contributed by atoms with Crippen LogP contribution in [-0.2, 0) is 11.0 Å². The average Bonchev–Trinajstić information content (AvgIpc) is 2.79. The normalized spacial score (nSPS) is 18.6. The molecule has 3 heterocycles. The number of rotatable bonds is 3. The zero-order valence-electron chi connectivity index (χ0n) is 16.6. The summed E-state index contributed by atoms with van der Waals surface area (Å²) in [6, 6.07) is 5.38. The lowest BCUT2D eigenvalue weighted by molar-refractivity contribution is -0.137. The van der Waals surface area contributed by atoms with Crippen LogP contribution in [0.15, 0.2) is 42.9 Å². The van der Waals surface area contributed by atoms with Crippen LogP contribution in [0.4, 0.5) is 24.7 Å². The van der Waals surface area contributed by atoms with Crippen molar-refractivity contribution in [3.05, 3.63) is 48.4 Å². The molecular weight excluding hydrogens is 395 g/mol. The standard InChI is InChI=1S/C21H24F3N5O/c22-21(23,24)17-2-1-3-18(14-17)27-10-12-29(13-11-27)20(30)16-4-8-28(9-5-16)19-15-25-6-7-26-19/h1-3,6-7,14-16H,4-5,8-13H2. The van der Waals surface area contributed by atoms with Crippen LogP contribution in [0.3, 0.4) is 0 Å². The molecule has 0 atom stereocenters. The van der Waals surface area contributed by atoms with E-state index in [9.17, 15) is 18.0 Å². The van der Waals surface area contributed by atoms with Crippen molar-refractivity contribution in [3.63, 3.8) is 0 Å². The first-order valence-corrected chi connectivity index (χ1v) is 10.1. The summed E-state index contributed by atoms with van der Waals surface area (Å²) in [5.74, 6) is 0.966. The largest absolute Gasteiger partial charge is 0.416 e. The van der Waals surface area contributed by atoms with E-state index in [0.29, 0.717) is 31.9 Å². The topological polar surface area (TPSA) is 52.6 Å². The van der Waals surface area contributed by atoms with Gasteiger partial charge in [-0.3, -0.25) is 9.78 Å². The second-order valence-corrected chi connectivity index (χ2v) is 7.69. The molecule has 1 aromatic heterocycles. The van der Waals surface area contributed by atoms with Crippen molar-refractivity contribution >= 4 is 17.4 Å². The third kappa shape index (κ3) is 4.49. The highest BCUT2D eigenvalue weighted by atomic mass is 19.4. The Hall–Kier alpha value is -2.84. The Balaban J connectivity index is 1.30. The number of halogens is 3. The van der Waals surface area contributed by atoms with Crippen molar-refractivity contribution in [3.8, 4) is 0 Å². The van der Waals surface area contributed by atoms with Crippen LogP contribution in [-0.4, -0.2) is 60.0 Å². The van der Waals surface area contributed by atoms with Crippen LogP contribution >= 0.6 is 0 Å². The van der Waals surface area contributed by atoms with Crippen molar-refractivity contribution < 1.29 is 18.0 Å². The number of hydrogen-bond acceptors (Lipinski definition) is 5. The molecule has 9 heteroatoms. The third-order valence-electron chi connectivity index (χ3n) is 5.85. The predicted molar refractivity (Wildman–Crippen MR) is 107 cm³/mol. The minimum atomic E-state index is -4.35. The van der Waals surface area contributed by atoms with Crippen molar-refractivity contribution in [2.24, 2.45) is 5.92 Å². The minimum absolute atomic E-state index is 0.0157. The molecule has 0 radical (unpaired) electrons. The second-order valence-electron chi connectivity index (χ2n) is 7.69. The molecule has 2 aliphatic rings. The van der Waals surface area contributed by atoms with Crippen LogP contribution in [0.1, 0.15) is 18.4 Å². The van der Waals surface area contributed by atoms with E-state index < -0.39 is 11.7 Å². The van der Waals surface area contributed by atoms with E-state index in [4.69, 9.17) is 0 Å². The maximum atomic E-state index is 13.0. The maximum Gasteiger partial charge on any atom is 0.416 e. The molecule has 1 amide bonds. The third-order valence-corrected chi connectivity index (χ3v) is 5.85. The van der Waals surface area contributed by atoms with E-state index in [1.807, 2.05) is 9.80 Å². The van der Waals surface area contributed by atoms with E-state index in [1.165, 1.54) is 12.1 Å². The molecule has 6 nitrogen and oxygen atoms in total. The number of carbonyl (C=O) groups excluding carboxylic acids is 1. The fourth-order valence-electron chi connectivity index (χ4n) is 4.13. The van der Waals surface area contributed by atoms with Crippen LogP contribution < -0.4 is 9.80 Å². The van der Waals surface area contributed by atoms with Crippen LogP contribution in [0.5, 0.6) is 0 Å². The number of anilines is 2. The number of piperazine rings is 1.